The van der Waals surface area contributed by atoms with Gasteiger partial charge in [0, 0.05) is 18.6 Å². The van der Waals surface area contributed by atoms with E-state index in [2.05, 4.69) is 67.2 Å². The summed E-state index contributed by atoms with van der Waals surface area (Å²) in [6.07, 6.45) is 1.44. The Morgan fingerprint density at radius 1 is 1.19 bits per heavy atom. The summed E-state index contributed by atoms with van der Waals surface area (Å²) in [5, 5.41) is 2.84. The molecule has 1 aromatic heterocycles. The lowest BCUT2D eigenvalue weighted by Gasteiger charge is -2.30. The van der Waals surface area contributed by atoms with Gasteiger partial charge in [-0.2, -0.15) is 0 Å². The summed E-state index contributed by atoms with van der Waals surface area (Å²) < 4.78 is 5.58. The standard InChI is InChI=1S/C21H31N3O2/c1-14(2)17(6)24(11-18-9-7-8-16(5)10-18)12-20-23-19(13-26-20)21(25)22-15(3)4/h7-10,13-15,17H,11-12H2,1-6H3,(H,22,25). The van der Waals surface area contributed by atoms with Gasteiger partial charge in [-0.15, -0.1) is 0 Å². The van der Waals surface area contributed by atoms with Gasteiger partial charge in [-0.1, -0.05) is 43.7 Å². The first-order chi connectivity index (χ1) is 12.3. The predicted molar refractivity (Wildman–Crippen MR) is 104 cm³/mol. The molecule has 0 saturated carbocycles. The molecule has 0 aliphatic carbocycles. The summed E-state index contributed by atoms with van der Waals surface area (Å²) in [6, 6.07) is 8.97. The van der Waals surface area contributed by atoms with E-state index in [0.29, 0.717) is 30.1 Å². The van der Waals surface area contributed by atoms with Gasteiger partial charge in [-0.3, -0.25) is 9.69 Å². The molecule has 5 nitrogen and oxygen atoms in total. The van der Waals surface area contributed by atoms with Crippen LogP contribution in [0.2, 0.25) is 0 Å². The average molecular weight is 357 g/mol. The number of rotatable bonds is 8. The minimum absolute atomic E-state index is 0.0708. The summed E-state index contributed by atoms with van der Waals surface area (Å²) in [4.78, 5) is 18.8. The van der Waals surface area contributed by atoms with Crippen molar-refractivity contribution in [2.24, 2.45) is 5.92 Å². The summed E-state index contributed by atoms with van der Waals surface area (Å²) in [7, 11) is 0. The molecule has 1 N–H and O–H groups in total. The number of carbonyl (C=O) groups is 1. The molecule has 1 unspecified atom stereocenters. The number of hydrogen-bond donors (Lipinski definition) is 1. The van der Waals surface area contributed by atoms with Crippen molar-refractivity contribution < 1.29 is 9.21 Å². The number of hydrogen-bond acceptors (Lipinski definition) is 4. The van der Waals surface area contributed by atoms with Gasteiger partial charge in [0.15, 0.2) is 5.69 Å². The van der Waals surface area contributed by atoms with Gasteiger partial charge in [0.1, 0.15) is 6.26 Å². The van der Waals surface area contributed by atoms with E-state index >= 15 is 0 Å². The lowest BCUT2D eigenvalue weighted by atomic mass is 10.0. The largest absolute Gasteiger partial charge is 0.447 e. The Balaban J connectivity index is 2.14. The van der Waals surface area contributed by atoms with Crippen molar-refractivity contribution in [2.45, 2.75) is 66.7 Å². The van der Waals surface area contributed by atoms with Gasteiger partial charge in [0.2, 0.25) is 5.89 Å². The highest BCUT2D eigenvalue weighted by molar-refractivity contribution is 5.92. The molecule has 26 heavy (non-hydrogen) atoms. The SMILES string of the molecule is Cc1cccc(CN(Cc2nc(C(=O)NC(C)C)co2)C(C)C(C)C)c1. The number of aryl methyl sites for hydroxylation is 1. The Kier molecular flexibility index (Phi) is 6.98. The second-order valence-electron chi connectivity index (χ2n) is 7.63. The highest BCUT2D eigenvalue weighted by Gasteiger charge is 2.21. The molecule has 142 valence electrons. The molecule has 1 atom stereocenters. The highest BCUT2D eigenvalue weighted by atomic mass is 16.3. The quantitative estimate of drug-likeness (QED) is 0.770. The molecule has 5 heteroatoms. The lowest BCUT2D eigenvalue weighted by Crippen LogP contribution is -2.36. The molecular formula is C21H31N3O2. The zero-order valence-corrected chi connectivity index (χ0v) is 16.7. The van der Waals surface area contributed by atoms with Gasteiger partial charge >= 0.3 is 0 Å². The van der Waals surface area contributed by atoms with Crippen LogP contribution in [-0.2, 0) is 13.1 Å². The third-order valence-electron chi connectivity index (χ3n) is 4.55. The first-order valence-corrected chi connectivity index (χ1v) is 9.31. The lowest BCUT2D eigenvalue weighted by molar-refractivity contribution is 0.0938. The third-order valence-corrected chi connectivity index (χ3v) is 4.55. The normalized spacial score (nSPS) is 12.8. The second kappa shape index (κ2) is 8.99. The first kappa shape index (κ1) is 20.2. The van der Waals surface area contributed by atoms with E-state index in [1.807, 2.05) is 13.8 Å². The molecular weight excluding hydrogens is 326 g/mol. The summed E-state index contributed by atoms with van der Waals surface area (Å²) >= 11 is 0. The van der Waals surface area contributed by atoms with Gasteiger partial charge in [-0.05, 0) is 39.2 Å². The maximum Gasteiger partial charge on any atom is 0.273 e. The molecule has 2 rings (SSSR count). The Hall–Kier alpha value is -2.14. The molecule has 0 saturated heterocycles. The third kappa shape index (κ3) is 5.70. The van der Waals surface area contributed by atoms with Gasteiger partial charge < -0.3 is 9.73 Å². The Labute approximate surface area is 156 Å². The van der Waals surface area contributed by atoms with E-state index in [-0.39, 0.29) is 11.9 Å². The van der Waals surface area contributed by atoms with Crippen LogP contribution in [0.3, 0.4) is 0 Å². The number of oxazole rings is 1. The van der Waals surface area contributed by atoms with Gasteiger partial charge in [0.25, 0.3) is 5.91 Å². The molecule has 2 aromatic rings. The van der Waals surface area contributed by atoms with E-state index in [1.165, 1.54) is 17.4 Å². The van der Waals surface area contributed by atoms with Crippen LogP contribution in [0.25, 0.3) is 0 Å². The van der Waals surface area contributed by atoms with E-state index in [4.69, 9.17) is 4.42 Å². The van der Waals surface area contributed by atoms with E-state index in [9.17, 15) is 4.79 Å². The highest BCUT2D eigenvalue weighted by Crippen LogP contribution is 2.18. The van der Waals surface area contributed by atoms with E-state index in [1.54, 1.807) is 0 Å². The Morgan fingerprint density at radius 2 is 1.92 bits per heavy atom. The van der Waals surface area contributed by atoms with Crippen molar-refractivity contribution in [3.05, 3.63) is 53.2 Å². The van der Waals surface area contributed by atoms with E-state index in [0.717, 1.165) is 6.54 Å². The van der Waals surface area contributed by atoms with E-state index < -0.39 is 0 Å². The molecule has 0 spiro atoms. The first-order valence-electron chi connectivity index (χ1n) is 9.31. The molecule has 0 fully saturated rings. The maximum atomic E-state index is 12.1. The zero-order valence-electron chi connectivity index (χ0n) is 16.7. The molecule has 1 amide bonds. The van der Waals surface area contributed by atoms with Gasteiger partial charge in [-0.25, -0.2) is 4.98 Å². The number of carbonyl (C=O) groups excluding carboxylic acids is 1. The minimum Gasteiger partial charge on any atom is -0.447 e. The number of aromatic nitrogens is 1. The van der Waals surface area contributed by atoms with Crippen LogP contribution in [0, 0.1) is 12.8 Å². The van der Waals surface area contributed by atoms with Crippen LogP contribution in [0.5, 0.6) is 0 Å². The fourth-order valence-corrected chi connectivity index (χ4v) is 2.81. The fourth-order valence-electron chi connectivity index (χ4n) is 2.81. The topological polar surface area (TPSA) is 58.4 Å². The smallest absolute Gasteiger partial charge is 0.273 e. The number of benzene rings is 1. The second-order valence-corrected chi connectivity index (χ2v) is 7.63. The fraction of sp³-hybridized carbons (Fsp3) is 0.524. The predicted octanol–water partition coefficient (Wildman–Crippen LogP) is 4.17. The van der Waals surface area contributed by atoms with Gasteiger partial charge in [0.05, 0.1) is 6.54 Å². The number of nitrogens with one attached hydrogen (secondary N) is 1. The Morgan fingerprint density at radius 3 is 2.54 bits per heavy atom. The molecule has 0 bridgehead atoms. The molecule has 0 aliphatic rings. The van der Waals surface area contributed by atoms with Crippen LogP contribution in [-0.4, -0.2) is 27.9 Å². The molecule has 0 radical (unpaired) electrons. The van der Waals surface area contributed by atoms with Crippen LogP contribution in [0.1, 0.15) is 62.1 Å². The van der Waals surface area contributed by atoms with Crippen molar-refractivity contribution in [1.29, 1.82) is 0 Å². The van der Waals surface area contributed by atoms with Crippen molar-refractivity contribution in [3.63, 3.8) is 0 Å². The number of amides is 1. The van der Waals surface area contributed by atoms with Crippen LogP contribution < -0.4 is 5.32 Å². The molecule has 1 heterocycles. The summed E-state index contributed by atoms with van der Waals surface area (Å²) in [5.74, 6) is 0.870. The monoisotopic (exact) mass is 357 g/mol. The van der Waals surface area contributed by atoms with Crippen molar-refractivity contribution in [1.82, 2.24) is 15.2 Å². The number of nitrogens with zero attached hydrogens (tertiary/aromatic N) is 2. The zero-order chi connectivity index (χ0) is 19.3. The van der Waals surface area contributed by atoms with Crippen LogP contribution in [0.4, 0.5) is 0 Å². The van der Waals surface area contributed by atoms with Crippen LogP contribution in [0.15, 0.2) is 34.9 Å². The minimum atomic E-state index is -0.197. The van der Waals surface area contributed by atoms with Crippen molar-refractivity contribution in [3.8, 4) is 0 Å². The van der Waals surface area contributed by atoms with Crippen molar-refractivity contribution in [2.75, 3.05) is 0 Å². The van der Waals surface area contributed by atoms with Crippen LogP contribution >= 0.6 is 0 Å². The summed E-state index contributed by atoms with van der Waals surface area (Å²) in [5.41, 5.74) is 2.85. The maximum absolute atomic E-state index is 12.1. The molecule has 1 aromatic carbocycles. The average Bonchev–Trinajstić information content (AvgIpc) is 3.01. The Bertz CT molecular complexity index is 722. The van der Waals surface area contributed by atoms with Crippen molar-refractivity contribution >= 4 is 5.91 Å². The molecule has 0 aliphatic heterocycles. The summed E-state index contributed by atoms with van der Waals surface area (Å²) in [6.45, 7) is 14.0.